The molecule has 2 aromatic rings. The van der Waals surface area contributed by atoms with Gasteiger partial charge in [0.15, 0.2) is 0 Å². The van der Waals surface area contributed by atoms with Crippen LogP contribution in [0.15, 0.2) is 65.6 Å². The molecule has 0 radical (unpaired) electrons. The Morgan fingerprint density at radius 2 is 1.74 bits per heavy atom. The summed E-state index contributed by atoms with van der Waals surface area (Å²) >= 11 is 0. The maximum absolute atomic E-state index is 12.4. The number of ether oxygens (including phenoxy) is 1. The van der Waals surface area contributed by atoms with Crippen molar-refractivity contribution in [3.63, 3.8) is 0 Å². The van der Waals surface area contributed by atoms with E-state index in [0.717, 1.165) is 0 Å². The molecular weight excluding hydrogens is 314 g/mol. The first-order valence-electron chi connectivity index (χ1n) is 7.04. The molecule has 0 aromatic heterocycles. The average molecular weight is 331 g/mol. The minimum atomic E-state index is -3.68. The van der Waals surface area contributed by atoms with Crippen LogP contribution in [-0.2, 0) is 19.6 Å². The first-order valence-corrected chi connectivity index (χ1v) is 8.53. The largest absolute Gasteiger partial charge is 0.463 e. The number of nitrogens with one attached hydrogen (secondary N) is 1. The SMILES string of the molecule is CCOC(=O)/C=C/c1ccccc1NS(=O)(=O)c1ccccc1. The summed E-state index contributed by atoms with van der Waals surface area (Å²) < 4.78 is 32.1. The van der Waals surface area contributed by atoms with Gasteiger partial charge in [0.25, 0.3) is 10.0 Å². The van der Waals surface area contributed by atoms with Crippen molar-refractivity contribution in [1.29, 1.82) is 0 Å². The van der Waals surface area contributed by atoms with Crippen LogP contribution >= 0.6 is 0 Å². The topological polar surface area (TPSA) is 72.5 Å². The van der Waals surface area contributed by atoms with E-state index in [4.69, 9.17) is 4.74 Å². The molecular formula is C17H17NO4S. The first-order chi connectivity index (χ1) is 11.0. The predicted octanol–water partition coefficient (Wildman–Crippen LogP) is 3.06. The van der Waals surface area contributed by atoms with E-state index in [1.54, 1.807) is 49.4 Å². The zero-order chi connectivity index (χ0) is 16.7. The fourth-order valence-corrected chi connectivity index (χ4v) is 3.00. The van der Waals surface area contributed by atoms with Crippen LogP contribution in [0.5, 0.6) is 0 Å². The Hall–Kier alpha value is -2.60. The van der Waals surface area contributed by atoms with Gasteiger partial charge in [0.1, 0.15) is 0 Å². The van der Waals surface area contributed by atoms with Gasteiger partial charge in [0.05, 0.1) is 17.2 Å². The number of carbonyl (C=O) groups is 1. The number of sulfonamides is 1. The summed E-state index contributed by atoms with van der Waals surface area (Å²) in [7, 11) is -3.68. The zero-order valence-corrected chi connectivity index (χ0v) is 13.4. The molecule has 0 bridgehead atoms. The number of carbonyl (C=O) groups excluding carboxylic acids is 1. The Morgan fingerprint density at radius 3 is 2.43 bits per heavy atom. The number of para-hydroxylation sites is 1. The molecule has 1 N–H and O–H groups in total. The molecule has 23 heavy (non-hydrogen) atoms. The number of esters is 1. The van der Waals surface area contributed by atoms with E-state index in [1.807, 2.05) is 0 Å². The van der Waals surface area contributed by atoms with Crippen LogP contribution in [0.4, 0.5) is 5.69 Å². The number of hydrogen-bond acceptors (Lipinski definition) is 4. The molecule has 0 aliphatic carbocycles. The van der Waals surface area contributed by atoms with Crippen molar-refractivity contribution < 1.29 is 17.9 Å². The zero-order valence-electron chi connectivity index (χ0n) is 12.6. The molecule has 0 aliphatic heterocycles. The molecule has 0 unspecified atom stereocenters. The molecule has 0 heterocycles. The van der Waals surface area contributed by atoms with Crippen molar-refractivity contribution in [3.05, 3.63) is 66.2 Å². The molecule has 120 valence electrons. The van der Waals surface area contributed by atoms with E-state index in [9.17, 15) is 13.2 Å². The maximum atomic E-state index is 12.4. The van der Waals surface area contributed by atoms with Gasteiger partial charge in [-0.1, -0.05) is 36.4 Å². The molecule has 2 rings (SSSR count). The summed E-state index contributed by atoms with van der Waals surface area (Å²) in [5, 5.41) is 0. The molecule has 0 aliphatic rings. The van der Waals surface area contributed by atoms with E-state index in [0.29, 0.717) is 11.3 Å². The smallest absolute Gasteiger partial charge is 0.330 e. The van der Waals surface area contributed by atoms with Gasteiger partial charge in [-0.3, -0.25) is 4.72 Å². The van der Waals surface area contributed by atoms with Gasteiger partial charge in [0.2, 0.25) is 0 Å². The minimum absolute atomic E-state index is 0.171. The minimum Gasteiger partial charge on any atom is -0.463 e. The van der Waals surface area contributed by atoms with Crippen LogP contribution in [0.25, 0.3) is 6.08 Å². The van der Waals surface area contributed by atoms with Gasteiger partial charge >= 0.3 is 5.97 Å². The summed E-state index contributed by atoms with van der Waals surface area (Å²) in [6.45, 7) is 2.00. The fraction of sp³-hybridized carbons (Fsp3) is 0.118. The van der Waals surface area contributed by atoms with Gasteiger partial charge < -0.3 is 4.74 Å². The molecule has 0 spiro atoms. The summed E-state index contributed by atoms with van der Waals surface area (Å²) in [4.78, 5) is 11.6. The molecule has 0 atom stereocenters. The van der Waals surface area contributed by atoms with Crippen LogP contribution in [0, 0.1) is 0 Å². The lowest BCUT2D eigenvalue weighted by Gasteiger charge is -2.10. The standard InChI is InChI=1S/C17H17NO4S/c1-2-22-17(19)13-12-14-8-6-7-11-16(14)18-23(20,21)15-9-4-3-5-10-15/h3-13,18H,2H2,1H3/b13-12+. The normalized spacial score (nSPS) is 11.3. The molecule has 0 amide bonds. The summed E-state index contributed by atoms with van der Waals surface area (Å²) in [5.74, 6) is -0.479. The third-order valence-corrected chi connectivity index (χ3v) is 4.33. The second-order valence-electron chi connectivity index (χ2n) is 4.59. The highest BCUT2D eigenvalue weighted by Gasteiger charge is 2.14. The monoisotopic (exact) mass is 331 g/mol. The van der Waals surface area contributed by atoms with Crippen molar-refractivity contribution in [1.82, 2.24) is 0 Å². The average Bonchev–Trinajstić information content (AvgIpc) is 2.55. The third kappa shape index (κ3) is 4.69. The Kier molecular flexibility index (Phi) is 5.54. The van der Waals surface area contributed by atoms with E-state index in [1.165, 1.54) is 24.3 Å². The van der Waals surface area contributed by atoms with E-state index < -0.39 is 16.0 Å². The first kappa shape index (κ1) is 16.8. The Bertz CT molecular complexity index is 798. The third-order valence-electron chi connectivity index (χ3n) is 2.94. The highest BCUT2D eigenvalue weighted by atomic mass is 32.2. The summed E-state index contributed by atoms with van der Waals surface area (Å²) in [5.41, 5.74) is 0.956. The van der Waals surface area contributed by atoms with Crippen molar-refractivity contribution in [2.24, 2.45) is 0 Å². The number of benzene rings is 2. The van der Waals surface area contributed by atoms with Crippen LogP contribution in [-0.4, -0.2) is 21.0 Å². The number of anilines is 1. The van der Waals surface area contributed by atoms with Gasteiger partial charge in [-0.25, -0.2) is 13.2 Å². The van der Waals surface area contributed by atoms with Crippen molar-refractivity contribution in [2.45, 2.75) is 11.8 Å². The van der Waals surface area contributed by atoms with Crippen LogP contribution in [0.2, 0.25) is 0 Å². The number of hydrogen-bond donors (Lipinski definition) is 1. The second kappa shape index (κ2) is 7.60. The van der Waals surface area contributed by atoms with E-state index in [2.05, 4.69) is 4.72 Å². The van der Waals surface area contributed by atoms with Gasteiger partial charge in [-0.05, 0) is 36.8 Å². The van der Waals surface area contributed by atoms with Crippen LogP contribution < -0.4 is 4.72 Å². The van der Waals surface area contributed by atoms with Crippen molar-refractivity contribution in [3.8, 4) is 0 Å². The van der Waals surface area contributed by atoms with Crippen molar-refractivity contribution >= 4 is 27.8 Å². The molecule has 0 saturated carbocycles. The molecule has 5 nitrogen and oxygen atoms in total. The molecule has 0 saturated heterocycles. The van der Waals surface area contributed by atoms with Gasteiger partial charge in [-0.2, -0.15) is 0 Å². The second-order valence-corrected chi connectivity index (χ2v) is 6.27. The lowest BCUT2D eigenvalue weighted by molar-refractivity contribution is -0.137. The summed E-state index contributed by atoms with van der Waals surface area (Å²) in [6.07, 6.45) is 2.78. The number of rotatable bonds is 6. The lowest BCUT2D eigenvalue weighted by atomic mass is 10.2. The Morgan fingerprint density at radius 1 is 1.09 bits per heavy atom. The molecule has 2 aromatic carbocycles. The Labute approximate surface area is 135 Å². The molecule has 6 heteroatoms. The Balaban J connectivity index is 2.26. The van der Waals surface area contributed by atoms with E-state index >= 15 is 0 Å². The summed E-state index contributed by atoms with van der Waals surface area (Å²) in [6, 6.07) is 14.9. The van der Waals surface area contributed by atoms with Crippen LogP contribution in [0.3, 0.4) is 0 Å². The molecule has 0 fully saturated rings. The maximum Gasteiger partial charge on any atom is 0.330 e. The van der Waals surface area contributed by atoms with Crippen molar-refractivity contribution in [2.75, 3.05) is 11.3 Å². The van der Waals surface area contributed by atoms with Gasteiger partial charge in [0, 0.05) is 6.08 Å². The quantitative estimate of drug-likeness (QED) is 0.652. The highest BCUT2D eigenvalue weighted by molar-refractivity contribution is 7.92. The predicted molar refractivity (Wildman–Crippen MR) is 89.4 cm³/mol. The fourth-order valence-electron chi connectivity index (χ4n) is 1.89. The highest BCUT2D eigenvalue weighted by Crippen LogP contribution is 2.21. The van der Waals surface area contributed by atoms with E-state index in [-0.39, 0.29) is 11.5 Å². The van der Waals surface area contributed by atoms with Crippen LogP contribution in [0.1, 0.15) is 12.5 Å². The van der Waals surface area contributed by atoms with Gasteiger partial charge in [-0.15, -0.1) is 0 Å². The lowest BCUT2D eigenvalue weighted by Crippen LogP contribution is -2.13.